The molecule has 0 spiro atoms. The van der Waals surface area contributed by atoms with Crippen LogP contribution in [0.3, 0.4) is 0 Å². The Balaban J connectivity index is 2.30. The summed E-state index contributed by atoms with van der Waals surface area (Å²) in [6, 6.07) is 5.13. The number of benzene rings is 1. The first-order valence-electron chi connectivity index (χ1n) is 6.41. The van der Waals surface area contributed by atoms with Crippen molar-refractivity contribution in [2.45, 2.75) is 39.5 Å². The lowest BCUT2D eigenvalue weighted by molar-refractivity contribution is 0.0697. The van der Waals surface area contributed by atoms with Gasteiger partial charge < -0.3 is 0 Å². The number of carbonyl (C=O) groups is 1. The van der Waals surface area contributed by atoms with Gasteiger partial charge in [0.25, 0.3) is 0 Å². The Morgan fingerprint density at radius 1 is 1.28 bits per heavy atom. The van der Waals surface area contributed by atoms with Crippen LogP contribution in [-0.4, -0.2) is 5.78 Å². The fourth-order valence-electron chi connectivity index (χ4n) is 2.86. The fraction of sp³-hybridized carbons (Fsp3) is 0.533. The maximum absolute atomic E-state index is 12.6. The molecule has 3 heteroatoms. The number of halogens is 2. The Kier molecular flexibility index (Phi) is 4.03. The highest BCUT2D eigenvalue weighted by atomic mass is 35.5. The molecule has 0 aromatic heterocycles. The first kappa shape index (κ1) is 13.9. The highest BCUT2D eigenvalue weighted by molar-refractivity contribution is 6.36. The summed E-state index contributed by atoms with van der Waals surface area (Å²) in [6.07, 6.45) is 4.41. The van der Waals surface area contributed by atoms with Crippen molar-refractivity contribution in [3.05, 3.63) is 33.8 Å². The second-order valence-electron chi connectivity index (χ2n) is 5.78. The molecule has 1 unspecified atom stereocenters. The Hall–Kier alpha value is -0.530. The van der Waals surface area contributed by atoms with E-state index >= 15 is 0 Å². The fourth-order valence-corrected chi connectivity index (χ4v) is 3.36. The first-order valence-corrected chi connectivity index (χ1v) is 7.17. The summed E-state index contributed by atoms with van der Waals surface area (Å²) in [5.41, 5.74) is 0.680. The van der Waals surface area contributed by atoms with Crippen molar-refractivity contribution in [3.63, 3.8) is 0 Å². The molecule has 0 saturated heterocycles. The van der Waals surface area contributed by atoms with Gasteiger partial charge in [-0.15, -0.1) is 0 Å². The summed E-state index contributed by atoms with van der Waals surface area (Å²) in [7, 11) is 0. The maximum Gasteiger partial charge on any atom is 0.167 e. The average Bonchev–Trinajstić information content (AvgIpc) is 2.27. The van der Waals surface area contributed by atoms with Crippen molar-refractivity contribution in [1.29, 1.82) is 0 Å². The Morgan fingerprint density at radius 2 is 2.00 bits per heavy atom. The average molecular weight is 285 g/mol. The zero-order valence-corrected chi connectivity index (χ0v) is 12.3. The number of rotatable bonds is 2. The molecule has 2 rings (SSSR count). The summed E-state index contributed by atoms with van der Waals surface area (Å²) in [4.78, 5) is 12.6. The molecule has 1 fully saturated rings. The molecule has 0 N–H and O–H groups in total. The van der Waals surface area contributed by atoms with Crippen molar-refractivity contribution in [2.24, 2.45) is 11.3 Å². The highest BCUT2D eigenvalue weighted by Gasteiger charge is 2.37. The molecule has 1 atom stereocenters. The molecule has 0 heterocycles. The normalized spacial score (nSPS) is 22.8. The van der Waals surface area contributed by atoms with E-state index in [2.05, 4.69) is 13.8 Å². The van der Waals surface area contributed by atoms with Crippen LogP contribution < -0.4 is 0 Å². The lowest BCUT2D eigenvalue weighted by atomic mass is 9.66. The van der Waals surface area contributed by atoms with E-state index in [1.54, 1.807) is 18.2 Å². The second-order valence-corrected chi connectivity index (χ2v) is 6.62. The largest absolute Gasteiger partial charge is 0.294 e. The van der Waals surface area contributed by atoms with Gasteiger partial charge in [0.1, 0.15) is 0 Å². The van der Waals surface area contributed by atoms with Gasteiger partial charge in [-0.05, 0) is 36.5 Å². The van der Waals surface area contributed by atoms with Crippen LogP contribution in [0, 0.1) is 11.3 Å². The molecule has 0 radical (unpaired) electrons. The number of Topliss-reactive ketones (excluding diaryl/α,β-unsaturated/α-hetero) is 1. The minimum Gasteiger partial charge on any atom is -0.294 e. The van der Waals surface area contributed by atoms with Gasteiger partial charge in [-0.2, -0.15) is 0 Å². The quantitative estimate of drug-likeness (QED) is 0.665. The molecule has 18 heavy (non-hydrogen) atoms. The Morgan fingerprint density at radius 3 is 2.61 bits per heavy atom. The van der Waals surface area contributed by atoms with Crippen LogP contribution in [0.25, 0.3) is 0 Å². The lowest BCUT2D eigenvalue weighted by Gasteiger charge is -2.37. The molecular weight excluding hydrogens is 267 g/mol. The first-order chi connectivity index (χ1) is 8.42. The van der Waals surface area contributed by atoms with Gasteiger partial charge in [0.15, 0.2) is 5.78 Å². The lowest BCUT2D eigenvalue weighted by Crippen LogP contribution is -2.34. The smallest absolute Gasteiger partial charge is 0.167 e. The minimum atomic E-state index is 0.0678. The summed E-state index contributed by atoms with van der Waals surface area (Å²) in [6.45, 7) is 4.36. The molecule has 1 nitrogen and oxygen atoms in total. The van der Waals surface area contributed by atoms with Gasteiger partial charge in [-0.1, -0.05) is 49.9 Å². The zero-order valence-electron chi connectivity index (χ0n) is 10.8. The second kappa shape index (κ2) is 5.22. The van der Waals surface area contributed by atoms with Gasteiger partial charge in [0.2, 0.25) is 0 Å². The van der Waals surface area contributed by atoms with E-state index in [-0.39, 0.29) is 17.1 Å². The van der Waals surface area contributed by atoms with Crippen LogP contribution in [0.2, 0.25) is 10.0 Å². The van der Waals surface area contributed by atoms with Crippen molar-refractivity contribution < 1.29 is 4.79 Å². The van der Waals surface area contributed by atoms with E-state index in [1.807, 2.05) is 0 Å². The SMILES string of the molecule is CC1(C)CCCCC1C(=O)c1ccc(Cl)cc1Cl. The summed E-state index contributed by atoms with van der Waals surface area (Å²) >= 11 is 12.0. The third-order valence-electron chi connectivity index (χ3n) is 4.02. The van der Waals surface area contributed by atoms with Crippen LogP contribution in [0.15, 0.2) is 18.2 Å². The van der Waals surface area contributed by atoms with E-state index in [0.717, 1.165) is 19.3 Å². The van der Waals surface area contributed by atoms with Crippen LogP contribution in [0.4, 0.5) is 0 Å². The van der Waals surface area contributed by atoms with E-state index < -0.39 is 0 Å². The topological polar surface area (TPSA) is 17.1 Å². The molecule has 1 aromatic rings. The number of hydrogen-bond donors (Lipinski definition) is 0. The minimum absolute atomic E-state index is 0.0678. The van der Waals surface area contributed by atoms with Gasteiger partial charge in [-0.25, -0.2) is 0 Å². The van der Waals surface area contributed by atoms with E-state index in [1.165, 1.54) is 6.42 Å². The monoisotopic (exact) mass is 284 g/mol. The van der Waals surface area contributed by atoms with Crippen molar-refractivity contribution >= 4 is 29.0 Å². The molecule has 1 aliphatic carbocycles. The number of carbonyl (C=O) groups excluding carboxylic acids is 1. The predicted molar refractivity (Wildman–Crippen MR) is 76.5 cm³/mol. The molecule has 1 aromatic carbocycles. The highest BCUT2D eigenvalue weighted by Crippen LogP contribution is 2.42. The van der Waals surface area contributed by atoms with Gasteiger partial charge in [0, 0.05) is 16.5 Å². The maximum atomic E-state index is 12.6. The summed E-state index contributed by atoms with van der Waals surface area (Å²) in [5.74, 6) is 0.242. The van der Waals surface area contributed by atoms with Gasteiger partial charge in [-0.3, -0.25) is 4.79 Å². The predicted octanol–water partition coefficient (Wildman–Crippen LogP) is 5.39. The van der Waals surface area contributed by atoms with E-state index in [0.29, 0.717) is 15.6 Å². The molecular formula is C15H18Cl2O. The molecule has 0 aliphatic heterocycles. The molecule has 0 bridgehead atoms. The van der Waals surface area contributed by atoms with E-state index in [9.17, 15) is 4.79 Å². The molecule has 1 saturated carbocycles. The Labute approximate surface area is 118 Å². The van der Waals surface area contributed by atoms with Crippen LogP contribution in [-0.2, 0) is 0 Å². The third kappa shape index (κ3) is 2.73. The zero-order chi connectivity index (χ0) is 13.3. The molecule has 98 valence electrons. The number of hydrogen-bond acceptors (Lipinski definition) is 1. The summed E-state index contributed by atoms with van der Waals surface area (Å²) in [5, 5.41) is 1.04. The van der Waals surface area contributed by atoms with Crippen molar-refractivity contribution in [3.8, 4) is 0 Å². The standard InChI is InChI=1S/C15H18Cl2O/c1-15(2)8-4-3-5-12(15)14(18)11-7-6-10(16)9-13(11)17/h6-7,9,12H,3-5,8H2,1-2H3. The van der Waals surface area contributed by atoms with E-state index in [4.69, 9.17) is 23.2 Å². The molecule has 0 amide bonds. The van der Waals surface area contributed by atoms with Crippen LogP contribution in [0.1, 0.15) is 49.9 Å². The van der Waals surface area contributed by atoms with Crippen molar-refractivity contribution in [2.75, 3.05) is 0 Å². The third-order valence-corrected chi connectivity index (χ3v) is 4.57. The Bertz CT molecular complexity index is 466. The summed E-state index contributed by atoms with van der Waals surface area (Å²) < 4.78 is 0. The molecule has 1 aliphatic rings. The number of ketones is 1. The van der Waals surface area contributed by atoms with Crippen LogP contribution >= 0.6 is 23.2 Å². The van der Waals surface area contributed by atoms with Crippen LogP contribution in [0.5, 0.6) is 0 Å². The van der Waals surface area contributed by atoms with Gasteiger partial charge in [0.05, 0.1) is 5.02 Å². The van der Waals surface area contributed by atoms with Crippen molar-refractivity contribution in [1.82, 2.24) is 0 Å². The van der Waals surface area contributed by atoms with Gasteiger partial charge >= 0.3 is 0 Å².